The Labute approximate surface area is 165 Å². The van der Waals surface area contributed by atoms with Gasteiger partial charge >= 0.3 is 0 Å². The minimum Gasteiger partial charge on any atom is -0.353 e. The Kier molecular flexibility index (Phi) is 4.61. The van der Waals surface area contributed by atoms with Gasteiger partial charge in [-0.2, -0.15) is 10.2 Å². The molecule has 0 bridgehead atoms. The van der Waals surface area contributed by atoms with Crippen molar-refractivity contribution in [2.75, 3.05) is 23.5 Å². The molecule has 0 N–H and O–H groups in total. The molecule has 1 fully saturated rings. The average Bonchev–Trinajstić information content (AvgIpc) is 3.15. The first kappa shape index (κ1) is 18.9. The summed E-state index contributed by atoms with van der Waals surface area (Å²) < 4.78 is 25.6. The maximum Gasteiger partial charge on any atom is 0.159 e. The van der Waals surface area contributed by atoms with E-state index in [1.165, 1.54) is 0 Å². The first-order chi connectivity index (χ1) is 13.3. The van der Waals surface area contributed by atoms with Crippen molar-refractivity contribution in [1.82, 2.24) is 20.0 Å². The van der Waals surface area contributed by atoms with Crippen LogP contribution in [0.3, 0.4) is 0 Å². The highest BCUT2D eigenvalue weighted by Crippen LogP contribution is 2.29. The summed E-state index contributed by atoms with van der Waals surface area (Å²) in [5, 5.41) is 15.6. The number of hydrogen-bond donors (Lipinski definition) is 0. The highest BCUT2D eigenvalue weighted by Gasteiger charge is 2.31. The van der Waals surface area contributed by atoms with Crippen LogP contribution >= 0.6 is 0 Å². The Balaban J connectivity index is 1.66. The number of fused-ring (bicyclic) bond motifs is 1. The quantitative estimate of drug-likeness (QED) is 0.671. The fourth-order valence-corrected chi connectivity index (χ4v) is 5.76. The first-order valence-corrected chi connectivity index (χ1v) is 11.3. The molecule has 148 valence electrons. The Morgan fingerprint density at radius 1 is 1.11 bits per heavy atom. The van der Waals surface area contributed by atoms with Gasteiger partial charge in [0.05, 0.1) is 28.9 Å². The van der Waals surface area contributed by atoms with E-state index in [0.717, 1.165) is 39.2 Å². The normalized spacial score (nSPS) is 18.6. The molecule has 3 aromatic rings. The fraction of sp³-hybridized carbons (Fsp3) is 0.450. The van der Waals surface area contributed by atoms with Crippen LogP contribution in [0.5, 0.6) is 0 Å². The molecule has 2 aromatic heterocycles. The number of nitrogens with zero attached hydrogens (tertiary/aromatic N) is 5. The van der Waals surface area contributed by atoms with E-state index in [2.05, 4.69) is 32.3 Å². The predicted octanol–water partition coefficient (Wildman–Crippen LogP) is 2.75. The van der Waals surface area contributed by atoms with Crippen LogP contribution in [0.2, 0.25) is 0 Å². The Morgan fingerprint density at radius 2 is 1.82 bits per heavy atom. The highest BCUT2D eigenvalue weighted by molar-refractivity contribution is 7.91. The number of rotatable bonds is 4. The molecule has 1 aliphatic heterocycles. The topological polar surface area (TPSA) is 81.0 Å². The summed E-state index contributed by atoms with van der Waals surface area (Å²) in [5.74, 6) is 1.25. The Hall–Kier alpha value is -2.48. The molecule has 8 heteroatoms. The van der Waals surface area contributed by atoms with Crippen LogP contribution in [0.25, 0.3) is 10.8 Å². The fourth-order valence-electron chi connectivity index (χ4n) is 4.07. The van der Waals surface area contributed by atoms with Crippen LogP contribution in [-0.4, -0.2) is 46.9 Å². The van der Waals surface area contributed by atoms with E-state index < -0.39 is 9.84 Å². The Morgan fingerprint density at radius 3 is 2.50 bits per heavy atom. The lowest BCUT2D eigenvalue weighted by Crippen LogP contribution is -2.20. The molecule has 0 saturated carbocycles. The molecule has 1 saturated heterocycles. The molecule has 7 nitrogen and oxygen atoms in total. The van der Waals surface area contributed by atoms with E-state index in [1.807, 2.05) is 44.6 Å². The van der Waals surface area contributed by atoms with Crippen molar-refractivity contribution in [1.29, 1.82) is 0 Å². The Bertz CT molecular complexity index is 1150. The molecule has 28 heavy (non-hydrogen) atoms. The summed E-state index contributed by atoms with van der Waals surface area (Å²) in [4.78, 5) is 2.08. The van der Waals surface area contributed by atoms with Crippen molar-refractivity contribution >= 4 is 26.4 Å². The molecular formula is C20H25N5O2S. The van der Waals surface area contributed by atoms with Crippen LogP contribution in [0.4, 0.5) is 5.82 Å². The molecule has 0 spiro atoms. The van der Waals surface area contributed by atoms with Gasteiger partial charge in [-0.05, 0) is 27.2 Å². The zero-order chi connectivity index (χ0) is 20.1. The summed E-state index contributed by atoms with van der Waals surface area (Å²) in [7, 11) is -0.946. The molecule has 3 heterocycles. The zero-order valence-corrected chi connectivity index (χ0v) is 17.5. The lowest BCUT2D eigenvalue weighted by Gasteiger charge is -2.20. The van der Waals surface area contributed by atoms with Gasteiger partial charge in [-0.3, -0.25) is 4.68 Å². The molecular weight excluding hydrogens is 374 g/mol. The van der Waals surface area contributed by atoms with E-state index in [1.54, 1.807) is 0 Å². The van der Waals surface area contributed by atoms with Crippen LogP contribution in [-0.2, 0) is 16.4 Å². The van der Waals surface area contributed by atoms with Gasteiger partial charge in [-0.15, -0.1) is 5.10 Å². The van der Waals surface area contributed by atoms with Crippen LogP contribution in [0, 0.1) is 20.8 Å². The molecule has 0 amide bonds. The van der Waals surface area contributed by atoms with E-state index in [0.29, 0.717) is 13.0 Å². The molecule has 4 rings (SSSR count). The average molecular weight is 400 g/mol. The third-order valence-electron chi connectivity index (χ3n) is 5.64. The maximum absolute atomic E-state index is 11.9. The van der Waals surface area contributed by atoms with Gasteiger partial charge in [0.25, 0.3) is 0 Å². The lowest BCUT2D eigenvalue weighted by atomic mass is 10.1. The summed E-state index contributed by atoms with van der Waals surface area (Å²) >= 11 is 0. The van der Waals surface area contributed by atoms with Gasteiger partial charge in [-0.25, -0.2) is 8.42 Å². The number of hydrogen-bond acceptors (Lipinski definition) is 6. The van der Waals surface area contributed by atoms with E-state index in [4.69, 9.17) is 0 Å². The number of anilines is 1. The van der Waals surface area contributed by atoms with E-state index in [9.17, 15) is 8.42 Å². The van der Waals surface area contributed by atoms with Gasteiger partial charge in [0, 0.05) is 35.6 Å². The third kappa shape index (κ3) is 3.26. The molecule has 1 aromatic carbocycles. The summed E-state index contributed by atoms with van der Waals surface area (Å²) in [6.45, 7) is 6.61. The minimum absolute atomic E-state index is 0.0669. The number of benzene rings is 1. The van der Waals surface area contributed by atoms with Crippen LogP contribution in [0.1, 0.15) is 35.1 Å². The van der Waals surface area contributed by atoms with Gasteiger partial charge in [0.15, 0.2) is 15.7 Å². The minimum atomic E-state index is -2.95. The maximum atomic E-state index is 11.9. The second-order valence-corrected chi connectivity index (χ2v) is 9.89. The first-order valence-electron chi connectivity index (χ1n) is 9.45. The van der Waals surface area contributed by atoms with Crippen molar-refractivity contribution in [2.24, 2.45) is 0 Å². The van der Waals surface area contributed by atoms with Crippen molar-refractivity contribution in [3.63, 3.8) is 0 Å². The van der Waals surface area contributed by atoms with Gasteiger partial charge in [-0.1, -0.05) is 24.3 Å². The lowest BCUT2D eigenvalue weighted by molar-refractivity contribution is 0.485. The highest BCUT2D eigenvalue weighted by atomic mass is 32.2. The molecule has 1 atom stereocenters. The number of aryl methyl sites for hydroxylation is 2. The predicted molar refractivity (Wildman–Crippen MR) is 110 cm³/mol. The van der Waals surface area contributed by atoms with Gasteiger partial charge in [0.2, 0.25) is 0 Å². The third-order valence-corrected chi connectivity index (χ3v) is 7.39. The summed E-state index contributed by atoms with van der Waals surface area (Å²) in [6, 6.07) is 8.08. The second-order valence-electron chi connectivity index (χ2n) is 7.66. The van der Waals surface area contributed by atoms with Gasteiger partial charge in [0.1, 0.15) is 0 Å². The van der Waals surface area contributed by atoms with Gasteiger partial charge < -0.3 is 4.90 Å². The molecule has 0 aliphatic carbocycles. The van der Waals surface area contributed by atoms with Crippen molar-refractivity contribution in [2.45, 2.75) is 39.8 Å². The zero-order valence-electron chi connectivity index (χ0n) is 16.7. The van der Waals surface area contributed by atoms with E-state index in [-0.39, 0.29) is 17.5 Å². The number of sulfone groups is 1. The smallest absolute Gasteiger partial charge is 0.159 e. The van der Waals surface area contributed by atoms with Crippen LogP contribution < -0.4 is 4.90 Å². The van der Waals surface area contributed by atoms with E-state index >= 15 is 0 Å². The molecule has 0 radical (unpaired) electrons. The summed E-state index contributed by atoms with van der Waals surface area (Å²) in [5.41, 5.74) is 3.97. The summed E-state index contributed by atoms with van der Waals surface area (Å²) in [6.07, 6.45) is 0.633. The SMILES string of the molecule is Cc1nn(C2CCS(=O)(=O)C2)c(C)c1CN(C)c1nnc(C)c2ccccc12. The van der Waals surface area contributed by atoms with Crippen molar-refractivity contribution < 1.29 is 8.42 Å². The van der Waals surface area contributed by atoms with Crippen molar-refractivity contribution in [3.8, 4) is 0 Å². The van der Waals surface area contributed by atoms with Crippen LogP contribution in [0.15, 0.2) is 24.3 Å². The standard InChI is InChI=1S/C20H25N5O2S/c1-13-17-7-5-6-8-18(17)20(22-21-13)24(4)11-19-14(2)23-25(15(19)3)16-9-10-28(26,27)12-16/h5-8,16H,9-12H2,1-4H3. The van der Waals surface area contributed by atoms with Crippen molar-refractivity contribution in [3.05, 3.63) is 46.9 Å². The largest absolute Gasteiger partial charge is 0.353 e. The monoisotopic (exact) mass is 399 g/mol. The number of aromatic nitrogens is 4. The molecule has 1 unspecified atom stereocenters. The molecule has 1 aliphatic rings. The second kappa shape index (κ2) is 6.84.